The molecule has 0 amide bonds. The molecule has 3 aromatic carbocycles. The lowest BCUT2D eigenvalue weighted by Crippen LogP contribution is -2.50. The van der Waals surface area contributed by atoms with Crippen LogP contribution in [0.25, 0.3) is 0 Å². The Morgan fingerprint density at radius 1 is 1.15 bits per heavy atom. The number of esters is 1. The number of aliphatic hydroxyl groups is 1. The van der Waals surface area contributed by atoms with Crippen molar-refractivity contribution in [2.75, 3.05) is 32.2 Å². The van der Waals surface area contributed by atoms with Gasteiger partial charge < -0.3 is 34.9 Å². The van der Waals surface area contributed by atoms with Crippen molar-refractivity contribution in [2.24, 2.45) is 4.99 Å². The summed E-state index contributed by atoms with van der Waals surface area (Å²) >= 11 is 10.9. The number of ether oxygens (including phenoxy) is 3. The second kappa shape index (κ2) is 15.9. The first-order valence-electron chi connectivity index (χ1n) is 14.2. The highest BCUT2D eigenvalue weighted by molar-refractivity contribution is 7.80. The normalized spacial score (nSPS) is 15.3. The van der Waals surface area contributed by atoms with E-state index in [4.69, 9.17) is 38.6 Å². The fourth-order valence-electron chi connectivity index (χ4n) is 4.67. The van der Waals surface area contributed by atoms with E-state index >= 15 is 0 Å². The predicted molar refractivity (Wildman–Crippen MR) is 182 cm³/mol. The number of thiocarbonyl (C=S) groups is 2. The van der Waals surface area contributed by atoms with Crippen LogP contribution >= 0.6 is 24.4 Å². The number of anilines is 1. The van der Waals surface area contributed by atoms with Crippen molar-refractivity contribution >= 4 is 58.2 Å². The summed E-state index contributed by atoms with van der Waals surface area (Å²) in [7, 11) is 1.60. The van der Waals surface area contributed by atoms with E-state index in [1.54, 1.807) is 74.5 Å². The maximum Gasteiger partial charge on any atom is 0.338 e. The van der Waals surface area contributed by atoms with Gasteiger partial charge in [-0.25, -0.2) is 9.79 Å². The molecule has 2 unspecified atom stereocenters. The van der Waals surface area contributed by atoms with Crippen LogP contribution in [0.1, 0.15) is 31.0 Å². The number of benzene rings is 3. The van der Waals surface area contributed by atoms with Crippen LogP contribution in [-0.4, -0.2) is 70.3 Å². The molecule has 0 spiro atoms. The highest BCUT2D eigenvalue weighted by Crippen LogP contribution is 2.36. The summed E-state index contributed by atoms with van der Waals surface area (Å²) in [5.74, 6) is 0.615. The molecule has 3 N–H and O–H groups in total. The molecule has 12 nitrogen and oxygen atoms in total. The summed E-state index contributed by atoms with van der Waals surface area (Å²) in [4.78, 5) is 30.1. The van der Waals surface area contributed by atoms with Crippen LogP contribution < -0.4 is 20.1 Å². The van der Waals surface area contributed by atoms with Crippen molar-refractivity contribution in [3.63, 3.8) is 0 Å². The van der Waals surface area contributed by atoms with Crippen LogP contribution in [-0.2, 0) is 9.53 Å². The van der Waals surface area contributed by atoms with Crippen molar-refractivity contribution in [2.45, 2.75) is 26.0 Å². The van der Waals surface area contributed by atoms with Crippen LogP contribution in [0.15, 0.2) is 89.1 Å². The largest absolute Gasteiger partial charge is 0.497 e. The number of carbonyl (C=O) groups is 1. The highest BCUT2D eigenvalue weighted by Gasteiger charge is 2.38. The monoisotopic (exact) mass is 663 g/mol. The average Bonchev–Trinajstić information content (AvgIpc) is 3.05. The maximum atomic E-state index is 13.1. The Morgan fingerprint density at radius 3 is 2.48 bits per heavy atom. The van der Waals surface area contributed by atoms with Crippen LogP contribution in [0.5, 0.6) is 11.5 Å². The minimum atomic E-state index is -1.01. The average molecular weight is 664 g/mol. The van der Waals surface area contributed by atoms with Crippen LogP contribution in [0.3, 0.4) is 0 Å². The van der Waals surface area contributed by atoms with E-state index in [2.05, 4.69) is 15.6 Å². The van der Waals surface area contributed by atoms with Gasteiger partial charge in [-0.1, -0.05) is 12.1 Å². The zero-order chi connectivity index (χ0) is 33.2. The first-order valence-corrected chi connectivity index (χ1v) is 15.0. The van der Waals surface area contributed by atoms with E-state index in [1.807, 2.05) is 24.3 Å². The third kappa shape index (κ3) is 8.62. The zero-order valence-electron chi connectivity index (χ0n) is 25.3. The number of para-hydroxylation sites is 1. The van der Waals surface area contributed by atoms with Gasteiger partial charge in [-0.05, 0) is 98.4 Å². The summed E-state index contributed by atoms with van der Waals surface area (Å²) in [5.41, 5.74) is 2.25. The molecule has 4 rings (SSSR count). The van der Waals surface area contributed by atoms with Gasteiger partial charge in [0.1, 0.15) is 24.2 Å². The highest BCUT2D eigenvalue weighted by atomic mass is 32.1. The Hall–Kier alpha value is -4.92. The molecule has 0 aliphatic carbocycles. The number of hydrogen-bond acceptors (Lipinski definition) is 9. The second-order valence-corrected chi connectivity index (χ2v) is 10.8. The predicted octanol–water partition coefficient (Wildman–Crippen LogP) is 4.93. The van der Waals surface area contributed by atoms with Gasteiger partial charge >= 0.3 is 5.97 Å². The lowest BCUT2D eigenvalue weighted by atomic mass is 9.93. The standard InChI is InChI=1S/C32H33N5O7S2/c1-4-43-30(39)28-20(2)36(32(46)35-29(28)26-7-5-6-8-27(26)37(40)41)18-23(38)19-44-25-13-9-21(10-14-25)17-33-31(45)34-22-11-15-24(42-3)16-12-22/h5-17,23,29,38H,4,18-19H2,1-3H3,(H,34,45)(H,35,46)/b33-17+. The Morgan fingerprint density at radius 2 is 1.83 bits per heavy atom. The van der Waals surface area contributed by atoms with E-state index in [0.29, 0.717) is 16.6 Å². The number of β-amino-alcohol motifs (C(OH)–C–C–N with tert-alkyl or cyclic N) is 1. The maximum absolute atomic E-state index is 13.1. The molecule has 0 aromatic heterocycles. The topological polar surface area (TPSA) is 148 Å². The van der Waals surface area contributed by atoms with Gasteiger partial charge in [-0.15, -0.1) is 0 Å². The Balaban J connectivity index is 1.38. The number of carbonyl (C=O) groups excluding carboxylic acids is 1. The fourth-order valence-corrected chi connectivity index (χ4v) is 5.17. The number of hydrogen-bond donors (Lipinski definition) is 3. The molecule has 3 aromatic rings. The van der Waals surface area contributed by atoms with Gasteiger partial charge in [0, 0.05) is 23.7 Å². The van der Waals surface area contributed by atoms with Crippen molar-refractivity contribution in [3.05, 3.63) is 105 Å². The third-order valence-electron chi connectivity index (χ3n) is 6.92. The molecule has 0 bridgehead atoms. The fraction of sp³-hybridized carbons (Fsp3) is 0.250. The molecular weight excluding hydrogens is 631 g/mol. The summed E-state index contributed by atoms with van der Waals surface area (Å²) < 4.78 is 16.2. The first kappa shape index (κ1) is 34.0. The van der Waals surface area contributed by atoms with Gasteiger partial charge in [0.05, 0.1) is 42.4 Å². The molecule has 240 valence electrons. The molecule has 1 aliphatic rings. The van der Waals surface area contributed by atoms with E-state index in [-0.39, 0.29) is 41.7 Å². The second-order valence-electron chi connectivity index (χ2n) is 9.98. The molecule has 46 heavy (non-hydrogen) atoms. The van der Waals surface area contributed by atoms with E-state index in [1.165, 1.54) is 6.07 Å². The van der Waals surface area contributed by atoms with E-state index < -0.39 is 23.0 Å². The number of rotatable bonds is 12. The van der Waals surface area contributed by atoms with Gasteiger partial charge in [0.25, 0.3) is 5.69 Å². The quantitative estimate of drug-likeness (QED) is 0.0794. The Bertz CT molecular complexity index is 1650. The molecule has 0 saturated carbocycles. The van der Waals surface area contributed by atoms with Gasteiger partial charge in [0.2, 0.25) is 0 Å². The molecular formula is C32H33N5O7S2. The molecule has 2 atom stereocenters. The molecule has 14 heteroatoms. The number of aliphatic hydroxyl groups excluding tert-OH is 1. The van der Waals surface area contributed by atoms with Crippen molar-refractivity contribution in [1.82, 2.24) is 10.2 Å². The Labute approximate surface area is 276 Å². The number of nitro groups is 1. The summed E-state index contributed by atoms with van der Waals surface area (Å²) in [6, 6.07) is 19.6. The summed E-state index contributed by atoms with van der Waals surface area (Å²) in [5, 5.41) is 29.1. The van der Waals surface area contributed by atoms with Gasteiger partial charge in [-0.3, -0.25) is 10.1 Å². The molecule has 1 heterocycles. The molecule has 0 radical (unpaired) electrons. The first-order chi connectivity index (χ1) is 22.1. The lowest BCUT2D eigenvalue weighted by Gasteiger charge is -2.38. The van der Waals surface area contributed by atoms with Gasteiger partial charge in [0.15, 0.2) is 10.2 Å². The van der Waals surface area contributed by atoms with Crippen molar-refractivity contribution in [3.8, 4) is 11.5 Å². The SMILES string of the molecule is CCOC(=O)C1=C(C)N(CC(O)COc2ccc(/C=N/C(=S)Nc3ccc(OC)cc3)cc2)C(=S)NC1c1ccccc1[N+](=O)[O-]. The van der Waals surface area contributed by atoms with E-state index in [0.717, 1.165) is 17.0 Å². The zero-order valence-corrected chi connectivity index (χ0v) is 27.0. The summed E-state index contributed by atoms with van der Waals surface area (Å²) in [6.07, 6.45) is 0.610. The number of methoxy groups -OCH3 is 1. The lowest BCUT2D eigenvalue weighted by molar-refractivity contribution is -0.385. The minimum absolute atomic E-state index is 0.00639. The number of nitro benzene ring substituents is 1. The summed E-state index contributed by atoms with van der Waals surface area (Å²) in [6.45, 7) is 3.36. The minimum Gasteiger partial charge on any atom is -0.497 e. The van der Waals surface area contributed by atoms with Crippen LogP contribution in [0, 0.1) is 10.1 Å². The van der Waals surface area contributed by atoms with Gasteiger partial charge in [-0.2, -0.15) is 0 Å². The number of nitrogens with one attached hydrogen (secondary N) is 2. The molecule has 1 aliphatic heterocycles. The van der Waals surface area contributed by atoms with Crippen LogP contribution in [0.2, 0.25) is 0 Å². The smallest absolute Gasteiger partial charge is 0.338 e. The Kier molecular flexibility index (Phi) is 11.7. The third-order valence-corrected chi connectivity index (χ3v) is 7.47. The number of nitrogens with zero attached hydrogens (tertiary/aromatic N) is 3. The molecule has 0 fully saturated rings. The van der Waals surface area contributed by atoms with E-state index in [9.17, 15) is 20.0 Å². The van der Waals surface area contributed by atoms with Crippen molar-refractivity contribution in [1.29, 1.82) is 0 Å². The molecule has 0 saturated heterocycles. The number of allylic oxidation sites excluding steroid dienone is 1. The van der Waals surface area contributed by atoms with Crippen LogP contribution in [0.4, 0.5) is 11.4 Å². The number of aliphatic imine (C=N–C) groups is 1. The van der Waals surface area contributed by atoms with Crippen molar-refractivity contribution < 1.29 is 29.0 Å².